The van der Waals surface area contributed by atoms with E-state index in [1.807, 2.05) is 38.1 Å². The van der Waals surface area contributed by atoms with Crippen LogP contribution in [-0.2, 0) is 6.42 Å². The van der Waals surface area contributed by atoms with E-state index in [4.69, 9.17) is 17.3 Å². The van der Waals surface area contributed by atoms with Crippen LogP contribution in [0.4, 0.5) is 0 Å². The molecule has 0 saturated carbocycles. The molecule has 2 N–H and O–H groups in total. The van der Waals surface area contributed by atoms with Crippen molar-refractivity contribution in [2.45, 2.75) is 20.3 Å². The Kier molecular flexibility index (Phi) is 6.82. The summed E-state index contributed by atoms with van der Waals surface area (Å²) in [5, 5.41) is 0.778. The summed E-state index contributed by atoms with van der Waals surface area (Å²) in [5.74, 6) is 0. The molecule has 0 unspecified atom stereocenters. The van der Waals surface area contributed by atoms with Crippen LogP contribution < -0.4 is 5.73 Å². The molecule has 2 heteroatoms. The van der Waals surface area contributed by atoms with Gasteiger partial charge in [0.15, 0.2) is 0 Å². The van der Waals surface area contributed by atoms with Gasteiger partial charge in [0.1, 0.15) is 0 Å². The topological polar surface area (TPSA) is 26.0 Å². The van der Waals surface area contributed by atoms with Crippen LogP contribution in [0, 0.1) is 0 Å². The lowest BCUT2D eigenvalue weighted by Crippen LogP contribution is -2.01. The molecular weight excluding hydrogens is 170 g/mol. The van der Waals surface area contributed by atoms with Gasteiger partial charge in [0.2, 0.25) is 0 Å². The molecule has 0 saturated heterocycles. The first-order chi connectivity index (χ1) is 5.83. The third kappa shape index (κ3) is 4.37. The van der Waals surface area contributed by atoms with Gasteiger partial charge in [0.25, 0.3) is 0 Å². The van der Waals surface area contributed by atoms with Gasteiger partial charge in [-0.3, -0.25) is 0 Å². The van der Waals surface area contributed by atoms with Crippen molar-refractivity contribution in [3.8, 4) is 0 Å². The Hall–Kier alpha value is -0.530. The first kappa shape index (κ1) is 11.5. The van der Waals surface area contributed by atoms with Crippen molar-refractivity contribution in [2.75, 3.05) is 6.54 Å². The third-order valence-corrected chi connectivity index (χ3v) is 1.60. The van der Waals surface area contributed by atoms with Crippen LogP contribution in [0.3, 0.4) is 0 Å². The zero-order valence-electron chi connectivity index (χ0n) is 7.68. The Balaban J connectivity index is 0.000000561. The number of hydrogen-bond donors (Lipinski definition) is 1. The molecule has 1 aromatic carbocycles. The summed E-state index contributed by atoms with van der Waals surface area (Å²) in [4.78, 5) is 0. The molecule has 0 aliphatic heterocycles. The highest BCUT2D eigenvalue weighted by atomic mass is 35.5. The first-order valence-electron chi connectivity index (χ1n) is 4.27. The monoisotopic (exact) mass is 185 g/mol. The Bertz CT molecular complexity index is 193. The van der Waals surface area contributed by atoms with E-state index in [2.05, 4.69) is 0 Å². The average molecular weight is 186 g/mol. The number of halogens is 1. The molecule has 0 aromatic heterocycles. The number of hydrogen-bond acceptors (Lipinski definition) is 1. The maximum Gasteiger partial charge on any atom is 0.0406 e. The third-order valence-electron chi connectivity index (χ3n) is 1.35. The fourth-order valence-electron chi connectivity index (χ4n) is 0.818. The van der Waals surface area contributed by atoms with E-state index >= 15 is 0 Å². The van der Waals surface area contributed by atoms with E-state index < -0.39 is 0 Å². The predicted octanol–water partition coefficient (Wildman–Crippen LogP) is 2.87. The van der Waals surface area contributed by atoms with Gasteiger partial charge in [-0.05, 0) is 30.7 Å². The Morgan fingerprint density at radius 2 is 1.67 bits per heavy atom. The zero-order chi connectivity index (χ0) is 9.40. The maximum atomic E-state index is 5.68. The summed E-state index contributed by atoms with van der Waals surface area (Å²) in [7, 11) is 0. The van der Waals surface area contributed by atoms with E-state index in [9.17, 15) is 0 Å². The van der Waals surface area contributed by atoms with Gasteiger partial charge in [-0.2, -0.15) is 0 Å². The van der Waals surface area contributed by atoms with Crippen LogP contribution in [0.2, 0.25) is 5.02 Å². The van der Waals surface area contributed by atoms with Gasteiger partial charge in [0, 0.05) is 5.02 Å². The number of nitrogens with two attached hydrogens (primary N) is 1. The largest absolute Gasteiger partial charge is 0.330 e. The minimum Gasteiger partial charge on any atom is -0.330 e. The minimum absolute atomic E-state index is 0.696. The molecule has 68 valence electrons. The van der Waals surface area contributed by atoms with Gasteiger partial charge in [-0.1, -0.05) is 37.6 Å². The van der Waals surface area contributed by atoms with E-state index in [1.54, 1.807) is 0 Å². The van der Waals surface area contributed by atoms with Crippen LogP contribution >= 0.6 is 11.6 Å². The highest BCUT2D eigenvalue weighted by molar-refractivity contribution is 6.30. The summed E-state index contributed by atoms with van der Waals surface area (Å²) >= 11 is 5.68. The van der Waals surface area contributed by atoms with Crippen LogP contribution in [0.25, 0.3) is 0 Å². The lowest BCUT2D eigenvalue weighted by molar-refractivity contribution is 0.969. The summed E-state index contributed by atoms with van der Waals surface area (Å²) in [5.41, 5.74) is 6.61. The second kappa shape index (κ2) is 7.14. The van der Waals surface area contributed by atoms with Gasteiger partial charge >= 0.3 is 0 Å². The van der Waals surface area contributed by atoms with E-state index in [0.717, 1.165) is 11.4 Å². The van der Waals surface area contributed by atoms with Crippen molar-refractivity contribution in [3.63, 3.8) is 0 Å². The fraction of sp³-hybridized carbons (Fsp3) is 0.400. The highest BCUT2D eigenvalue weighted by Crippen LogP contribution is 2.09. The molecule has 0 atom stereocenters. The Morgan fingerprint density at radius 3 is 2.08 bits per heavy atom. The van der Waals surface area contributed by atoms with Crippen molar-refractivity contribution in [2.24, 2.45) is 5.73 Å². The quantitative estimate of drug-likeness (QED) is 0.754. The lowest BCUT2D eigenvalue weighted by Gasteiger charge is -1.96. The van der Waals surface area contributed by atoms with Crippen LogP contribution in [-0.4, -0.2) is 6.54 Å². The van der Waals surface area contributed by atoms with Crippen molar-refractivity contribution in [1.29, 1.82) is 0 Å². The van der Waals surface area contributed by atoms with Gasteiger partial charge in [-0.15, -0.1) is 0 Å². The normalized spacial score (nSPS) is 8.67. The molecule has 0 amide bonds. The molecule has 0 fully saturated rings. The minimum atomic E-state index is 0.696. The Morgan fingerprint density at radius 1 is 1.17 bits per heavy atom. The molecular formula is C10H16ClN. The van der Waals surface area contributed by atoms with Crippen molar-refractivity contribution < 1.29 is 0 Å². The zero-order valence-corrected chi connectivity index (χ0v) is 8.43. The van der Waals surface area contributed by atoms with Gasteiger partial charge in [0.05, 0.1) is 0 Å². The van der Waals surface area contributed by atoms with Crippen molar-refractivity contribution in [3.05, 3.63) is 34.9 Å². The average Bonchev–Trinajstić information content (AvgIpc) is 2.13. The first-order valence-corrected chi connectivity index (χ1v) is 4.65. The molecule has 0 heterocycles. The molecule has 0 aliphatic rings. The second-order valence-electron chi connectivity index (χ2n) is 2.17. The summed E-state index contributed by atoms with van der Waals surface area (Å²) in [6, 6.07) is 7.75. The SMILES string of the molecule is CC.NCCc1ccc(Cl)cc1. The van der Waals surface area contributed by atoms with Crippen LogP contribution in [0.15, 0.2) is 24.3 Å². The van der Waals surface area contributed by atoms with E-state index in [-0.39, 0.29) is 0 Å². The molecule has 0 spiro atoms. The van der Waals surface area contributed by atoms with Crippen molar-refractivity contribution in [1.82, 2.24) is 0 Å². The lowest BCUT2D eigenvalue weighted by atomic mass is 10.2. The van der Waals surface area contributed by atoms with Crippen LogP contribution in [0.5, 0.6) is 0 Å². The second-order valence-corrected chi connectivity index (χ2v) is 2.60. The molecule has 1 aromatic rings. The van der Waals surface area contributed by atoms with Crippen LogP contribution in [0.1, 0.15) is 19.4 Å². The number of rotatable bonds is 2. The van der Waals surface area contributed by atoms with Gasteiger partial charge in [-0.25, -0.2) is 0 Å². The molecule has 0 bridgehead atoms. The Labute approximate surface area is 79.5 Å². The fourth-order valence-corrected chi connectivity index (χ4v) is 0.944. The molecule has 1 rings (SSSR count). The molecule has 1 nitrogen and oxygen atoms in total. The molecule has 12 heavy (non-hydrogen) atoms. The highest BCUT2D eigenvalue weighted by Gasteiger charge is 1.89. The standard InChI is InChI=1S/C8H10ClN.C2H6/c9-8-3-1-7(2-4-8)5-6-10;1-2/h1-4H,5-6,10H2;1-2H3. The maximum absolute atomic E-state index is 5.68. The smallest absolute Gasteiger partial charge is 0.0406 e. The number of benzene rings is 1. The predicted molar refractivity (Wildman–Crippen MR) is 55.6 cm³/mol. The molecule has 0 radical (unpaired) electrons. The van der Waals surface area contributed by atoms with Gasteiger partial charge < -0.3 is 5.73 Å². The summed E-state index contributed by atoms with van der Waals surface area (Å²) in [6.07, 6.45) is 0.928. The van der Waals surface area contributed by atoms with E-state index in [0.29, 0.717) is 6.54 Å². The molecule has 0 aliphatic carbocycles. The summed E-state index contributed by atoms with van der Waals surface area (Å²) in [6.45, 7) is 4.70. The summed E-state index contributed by atoms with van der Waals surface area (Å²) < 4.78 is 0. The van der Waals surface area contributed by atoms with Crippen molar-refractivity contribution >= 4 is 11.6 Å². The van der Waals surface area contributed by atoms with E-state index in [1.165, 1.54) is 5.56 Å².